The first-order valence-corrected chi connectivity index (χ1v) is 8.63. The minimum Gasteiger partial charge on any atom is -0.455 e. The monoisotopic (exact) mass is 324 g/mol. The van der Waals surface area contributed by atoms with E-state index in [1.165, 1.54) is 0 Å². The van der Waals surface area contributed by atoms with Gasteiger partial charge in [0.1, 0.15) is 11.2 Å². The van der Waals surface area contributed by atoms with Crippen molar-refractivity contribution < 1.29 is 4.42 Å². The molecular weight excluding hydrogens is 312 g/mol. The zero-order chi connectivity index (χ0) is 15.1. The Labute approximate surface area is 137 Å². The summed E-state index contributed by atoms with van der Waals surface area (Å²) >= 11 is 8.02. The first-order chi connectivity index (χ1) is 10.8. The summed E-state index contributed by atoms with van der Waals surface area (Å²) in [7, 11) is 0. The summed E-state index contributed by atoms with van der Waals surface area (Å²) in [5, 5.41) is 3.06. The Kier molecular flexibility index (Phi) is 3.36. The van der Waals surface area contributed by atoms with Crippen molar-refractivity contribution >= 4 is 45.3 Å². The first kappa shape index (κ1) is 13.7. The molecule has 0 N–H and O–H groups in total. The molecule has 0 radical (unpaired) electrons. The van der Waals surface area contributed by atoms with Crippen LogP contribution in [-0.4, -0.2) is 6.26 Å². The van der Waals surface area contributed by atoms with Gasteiger partial charge in [0.2, 0.25) is 0 Å². The van der Waals surface area contributed by atoms with Crippen LogP contribution in [0.4, 0.5) is 0 Å². The molecule has 108 valence electrons. The van der Waals surface area contributed by atoms with Gasteiger partial charge in [-0.2, -0.15) is 0 Å². The van der Waals surface area contributed by atoms with E-state index < -0.39 is 0 Å². The number of hydrogen-bond donors (Lipinski definition) is 0. The van der Waals surface area contributed by atoms with Gasteiger partial charge in [0.05, 0.1) is 5.02 Å². The number of benzene rings is 3. The fourth-order valence-corrected chi connectivity index (χ4v) is 3.95. The Hall–Kier alpha value is -1.90. The highest BCUT2D eigenvalue weighted by molar-refractivity contribution is 7.98. The van der Waals surface area contributed by atoms with E-state index in [0.717, 1.165) is 43.0 Å². The van der Waals surface area contributed by atoms with Gasteiger partial charge < -0.3 is 4.42 Å². The van der Waals surface area contributed by atoms with Crippen LogP contribution >= 0.6 is 23.4 Å². The summed E-state index contributed by atoms with van der Waals surface area (Å²) < 4.78 is 6.13. The van der Waals surface area contributed by atoms with Crippen LogP contribution in [0.15, 0.2) is 70.0 Å². The smallest absolute Gasteiger partial charge is 0.143 e. The zero-order valence-electron chi connectivity index (χ0n) is 12.0. The second kappa shape index (κ2) is 5.38. The lowest BCUT2D eigenvalue weighted by atomic mass is 10.0. The van der Waals surface area contributed by atoms with E-state index in [-0.39, 0.29) is 0 Å². The van der Waals surface area contributed by atoms with E-state index in [9.17, 15) is 0 Å². The molecule has 0 amide bonds. The van der Waals surface area contributed by atoms with E-state index in [1.807, 2.05) is 36.6 Å². The summed E-state index contributed by atoms with van der Waals surface area (Å²) in [4.78, 5) is 1.08. The first-order valence-electron chi connectivity index (χ1n) is 7.02. The maximum atomic E-state index is 6.36. The minimum absolute atomic E-state index is 0.776. The number of hydrogen-bond acceptors (Lipinski definition) is 2. The summed E-state index contributed by atoms with van der Waals surface area (Å²) in [5.74, 6) is 0. The standard InChI is InChI=1S/C19H13ClOS/c1-22-19-15(9-5-10-16(19)20)14-8-4-7-13-12-6-2-3-11-17(12)21-18(13)14/h2-11H,1H3. The molecule has 3 aromatic carbocycles. The van der Waals surface area contributed by atoms with Crippen molar-refractivity contribution in [1.82, 2.24) is 0 Å². The third-order valence-corrected chi connectivity index (χ3v) is 5.14. The molecule has 0 saturated carbocycles. The van der Waals surface area contributed by atoms with Crippen LogP contribution in [0.5, 0.6) is 0 Å². The number of thioether (sulfide) groups is 1. The van der Waals surface area contributed by atoms with E-state index in [4.69, 9.17) is 16.0 Å². The molecular formula is C19H13ClOS. The van der Waals surface area contributed by atoms with Crippen molar-refractivity contribution in [1.29, 1.82) is 0 Å². The molecule has 0 fully saturated rings. The topological polar surface area (TPSA) is 13.1 Å². The molecule has 0 aliphatic carbocycles. The molecule has 0 spiro atoms. The van der Waals surface area contributed by atoms with Crippen LogP contribution < -0.4 is 0 Å². The van der Waals surface area contributed by atoms with Crippen LogP contribution in [-0.2, 0) is 0 Å². The number of halogens is 1. The quantitative estimate of drug-likeness (QED) is 0.384. The Morgan fingerprint density at radius 3 is 2.41 bits per heavy atom. The zero-order valence-corrected chi connectivity index (χ0v) is 13.5. The molecule has 0 unspecified atom stereocenters. The molecule has 0 atom stereocenters. The molecule has 0 aliphatic heterocycles. The molecule has 1 nitrogen and oxygen atoms in total. The predicted molar refractivity (Wildman–Crippen MR) is 95.9 cm³/mol. The van der Waals surface area contributed by atoms with Crippen LogP contribution in [0.25, 0.3) is 33.1 Å². The Morgan fingerprint density at radius 2 is 1.55 bits per heavy atom. The van der Waals surface area contributed by atoms with Crippen LogP contribution in [0.2, 0.25) is 5.02 Å². The number of fused-ring (bicyclic) bond motifs is 3. The van der Waals surface area contributed by atoms with Gasteiger partial charge in [-0.05, 0) is 18.4 Å². The highest BCUT2D eigenvalue weighted by Gasteiger charge is 2.15. The lowest BCUT2D eigenvalue weighted by molar-refractivity contribution is 0.670. The largest absolute Gasteiger partial charge is 0.455 e. The van der Waals surface area contributed by atoms with Crippen molar-refractivity contribution in [2.75, 3.05) is 6.26 Å². The summed E-state index contributed by atoms with van der Waals surface area (Å²) in [5.41, 5.74) is 4.03. The fraction of sp³-hybridized carbons (Fsp3) is 0.0526. The van der Waals surface area contributed by atoms with Crippen molar-refractivity contribution in [3.8, 4) is 11.1 Å². The maximum absolute atomic E-state index is 6.36. The predicted octanol–water partition coefficient (Wildman–Crippen LogP) is 6.63. The van der Waals surface area contributed by atoms with Crippen molar-refractivity contribution in [2.24, 2.45) is 0 Å². The summed E-state index contributed by atoms with van der Waals surface area (Å²) in [6.45, 7) is 0. The van der Waals surface area contributed by atoms with Crippen LogP contribution in [0, 0.1) is 0 Å². The molecule has 4 aromatic rings. The Morgan fingerprint density at radius 1 is 0.818 bits per heavy atom. The van der Waals surface area contributed by atoms with Gasteiger partial charge in [0, 0.05) is 26.8 Å². The molecule has 0 bridgehead atoms. The van der Waals surface area contributed by atoms with E-state index in [0.29, 0.717) is 0 Å². The van der Waals surface area contributed by atoms with E-state index >= 15 is 0 Å². The van der Waals surface area contributed by atoms with Crippen molar-refractivity contribution in [2.45, 2.75) is 4.90 Å². The summed E-state index contributed by atoms with van der Waals surface area (Å²) in [6, 6.07) is 20.4. The van der Waals surface area contributed by atoms with Crippen molar-refractivity contribution in [3.05, 3.63) is 65.7 Å². The lowest BCUT2D eigenvalue weighted by Gasteiger charge is -2.09. The third-order valence-electron chi connectivity index (χ3n) is 3.87. The number of furan rings is 1. The van der Waals surface area contributed by atoms with Crippen LogP contribution in [0.3, 0.4) is 0 Å². The molecule has 0 aliphatic rings. The lowest BCUT2D eigenvalue weighted by Crippen LogP contribution is -1.84. The highest BCUT2D eigenvalue weighted by Crippen LogP contribution is 2.41. The van der Waals surface area contributed by atoms with E-state index in [1.54, 1.807) is 11.8 Å². The van der Waals surface area contributed by atoms with Crippen LogP contribution in [0.1, 0.15) is 0 Å². The molecule has 22 heavy (non-hydrogen) atoms. The van der Waals surface area contributed by atoms with Gasteiger partial charge in [0.25, 0.3) is 0 Å². The van der Waals surface area contributed by atoms with Gasteiger partial charge in [-0.25, -0.2) is 0 Å². The summed E-state index contributed by atoms with van der Waals surface area (Å²) in [6.07, 6.45) is 2.05. The van der Waals surface area contributed by atoms with Gasteiger partial charge in [-0.1, -0.05) is 60.1 Å². The van der Waals surface area contributed by atoms with E-state index in [2.05, 4.69) is 30.3 Å². The minimum atomic E-state index is 0.776. The van der Waals surface area contributed by atoms with Gasteiger partial charge >= 0.3 is 0 Å². The second-order valence-corrected chi connectivity index (χ2v) is 6.32. The molecule has 3 heteroatoms. The number of para-hydroxylation sites is 2. The van der Waals surface area contributed by atoms with Gasteiger partial charge in [0.15, 0.2) is 0 Å². The average molecular weight is 325 g/mol. The molecule has 1 heterocycles. The number of rotatable bonds is 2. The SMILES string of the molecule is CSc1c(Cl)cccc1-c1cccc2c1oc1ccccc12. The molecule has 4 rings (SSSR count). The van der Waals surface area contributed by atoms with Crippen molar-refractivity contribution in [3.63, 3.8) is 0 Å². The molecule has 1 aromatic heterocycles. The maximum Gasteiger partial charge on any atom is 0.143 e. The fourth-order valence-electron chi connectivity index (χ4n) is 2.89. The second-order valence-electron chi connectivity index (χ2n) is 5.10. The molecule has 0 saturated heterocycles. The average Bonchev–Trinajstić information content (AvgIpc) is 2.93. The van der Waals surface area contributed by atoms with Gasteiger partial charge in [-0.15, -0.1) is 11.8 Å². The normalized spacial score (nSPS) is 11.4. The highest BCUT2D eigenvalue weighted by atomic mass is 35.5. The van der Waals surface area contributed by atoms with Gasteiger partial charge in [-0.3, -0.25) is 0 Å². The third kappa shape index (κ3) is 2.03. The Bertz CT molecular complexity index is 987. The Balaban J connectivity index is 2.10.